The van der Waals surface area contributed by atoms with E-state index in [0.717, 1.165) is 10.9 Å². The molecule has 1 aromatic carbocycles. The minimum atomic E-state index is -0.412. The van der Waals surface area contributed by atoms with Gasteiger partial charge in [0, 0.05) is 23.1 Å². The van der Waals surface area contributed by atoms with E-state index in [1.165, 1.54) is 6.07 Å². The molecule has 1 unspecified atom stereocenters. The zero-order valence-electron chi connectivity index (χ0n) is 8.52. The van der Waals surface area contributed by atoms with Gasteiger partial charge in [0.05, 0.1) is 5.92 Å². The van der Waals surface area contributed by atoms with Crippen molar-refractivity contribution in [2.75, 3.05) is 0 Å². The molecule has 0 saturated carbocycles. The molecule has 0 bridgehead atoms. The number of esters is 1. The van der Waals surface area contributed by atoms with Gasteiger partial charge in [-0.2, -0.15) is 0 Å². The fourth-order valence-electron chi connectivity index (χ4n) is 1.86. The van der Waals surface area contributed by atoms with E-state index in [1.54, 1.807) is 19.1 Å². The van der Waals surface area contributed by atoms with Crippen molar-refractivity contribution in [2.45, 2.75) is 12.8 Å². The molecule has 0 fully saturated rings. The zero-order valence-corrected chi connectivity index (χ0v) is 8.52. The minimum absolute atomic E-state index is 0.258. The molecule has 80 valence electrons. The van der Waals surface area contributed by atoms with Crippen LogP contribution in [-0.4, -0.2) is 5.97 Å². The van der Waals surface area contributed by atoms with Crippen LogP contribution in [0.3, 0.4) is 0 Å². The summed E-state index contributed by atoms with van der Waals surface area (Å²) < 4.78 is 10.1. The Morgan fingerprint density at radius 2 is 2.00 bits per heavy atom. The quantitative estimate of drug-likeness (QED) is 0.383. The average molecular weight is 216 g/mol. The van der Waals surface area contributed by atoms with Gasteiger partial charge in [0.2, 0.25) is 0 Å². The lowest BCUT2D eigenvalue weighted by molar-refractivity contribution is -0.133. The van der Waals surface area contributed by atoms with E-state index in [1.807, 2.05) is 6.07 Å². The molecule has 0 saturated heterocycles. The largest absolute Gasteiger partial charge is 0.426 e. The van der Waals surface area contributed by atoms with E-state index in [2.05, 4.69) is 0 Å². The predicted molar refractivity (Wildman–Crippen MR) is 56.5 cm³/mol. The second kappa shape index (κ2) is 2.95. The van der Waals surface area contributed by atoms with Gasteiger partial charge < -0.3 is 9.15 Å². The van der Waals surface area contributed by atoms with Crippen molar-refractivity contribution in [1.29, 1.82) is 0 Å². The van der Waals surface area contributed by atoms with E-state index < -0.39 is 5.63 Å². The Balaban J connectivity index is 2.34. The molecule has 1 aliphatic heterocycles. The molecule has 0 amide bonds. The van der Waals surface area contributed by atoms with Gasteiger partial charge in [-0.3, -0.25) is 4.79 Å². The molecule has 0 spiro atoms. The van der Waals surface area contributed by atoms with E-state index >= 15 is 0 Å². The number of hydrogen-bond donors (Lipinski definition) is 0. The smallest absolute Gasteiger partial charge is 0.336 e. The molecule has 3 rings (SSSR count). The maximum atomic E-state index is 11.4. The molecule has 1 aliphatic rings. The van der Waals surface area contributed by atoms with Gasteiger partial charge in [0.15, 0.2) is 0 Å². The highest BCUT2D eigenvalue weighted by atomic mass is 16.5. The number of carbonyl (C=O) groups is 1. The number of carbonyl (C=O) groups excluding carboxylic acids is 1. The number of hydrogen-bond acceptors (Lipinski definition) is 4. The van der Waals surface area contributed by atoms with E-state index in [9.17, 15) is 9.59 Å². The highest BCUT2D eigenvalue weighted by Crippen LogP contribution is 2.37. The molecule has 0 aliphatic carbocycles. The first-order chi connectivity index (χ1) is 7.65. The topological polar surface area (TPSA) is 56.5 Å². The lowest BCUT2D eigenvalue weighted by Gasteiger charge is -2.01. The van der Waals surface area contributed by atoms with Crippen LogP contribution in [0.4, 0.5) is 0 Å². The number of fused-ring (bicyclic) bond motifs is 2. The Kier molecular flexibility index (Phi) is 1.68. The molecule has 2 heterocycles. The lowest BCUT2D eigenvalue weighted by Crippen LogP contribution is -2.05. The van der Waals surface area contributed by atoms with Gasteiger partial charge in [0.25, 0.3) is 0 Å². The summed E-state index contributed by atoms with van der Waals surface area (Å²) >= 11 is 0. The predicted octanol–water partition coefficient (Wildman–Crippen LogP) is 1.82. The molecule has 0 N–H and O–H groups in total. The molecule has 16 heavy (non-hydrogen) atoms. The van der Waals surface area contributed by atoms with E-state index in [0.29, 0.717) is 11.3 Å². The summed E-state index contributed by atoms with van der Waals surface area (Å²) in [5.74, 6) is -0.0432. The van der Waals surface area contributed by atoms with Crippen LogP contribution in [0.5, 0.6) is 5.75 Å². The summed E-state index contributed by atoms with van der Waals surface area (Å²) in [5, 5.41) is 0.795. The first kappa shape index (κ1) is 9.15. The van der Waals surface area contributed by atoms with Crippen molar-refractivity contribution < 1.29 is 13.9 Å². The molecular formula is C12H8O4. The third-order valence-electron chi connectivity index (χ3n) is 2.78. The van der Waals surface area contributed by atoms with E-state index in [-0.39, 0.29) is 11.9 Å². The van der Waals surface area contributed by atoms with Crippen molar-refractivity contribution in [1.82, 2.24) is 0 Å². The first-order valence-electron chi connectivity index (χ1n) is 4.94. The molecule has 1 aromatic heterocycles. The standard InChI is InChI=1S/C12H8O4/c1-6-8-4-7-2-3-11(13)15-9(7)5-10(8)16-12(6)14/h2-6H,1H3. The summed E-state index contributed by atoms with van der Waals surface area (Å²) in [6.45, 7) is 1.79. The summed E-state index contributed by atoms with van der Waals surface area (Å²) in [7, 11) is 0. The second-order valence-corrected chi connectivity index (χ2v) is 3.83. The third-order valence-corrected chi connectivity index (χ3v) is 2.78. The van der Waals surface area contributed by atoms with Crippen LogP contribution in [0.25, 0.3) is 11.0 Å². The Hall–Kier alpha value is -2.10. The third kappa shape index (κ3) is 1.16. The molecule has 0 radical (unpaired) electrons. The molecule has 4 nitrogen and oxygen atoms in total. The van der Waals surface area contributed by atoms with Crippen LogP contribution in [0.15, 0.2) is 33.5 Å². The fraction of sp³-hybridized carbons (Fsp3) is 0.167. The number of benzene rings is 1. The summed E-state index contributed by atoms with van der Waals surface area (Å²) in [6.07, 6.45) is 0. The van der Waals surface area contributed by atoms with Crippen molar-refractivity contribution in [3.05, 3.63) is 40.2 Å². The van der Waals surface area contributed by atoms with Gasteiger partial charge >= 0.3 is 11.6 Å². The highest BCUT2D eigenvalue weighted by Gasteiger charge is 2.29. The van der Waals surface area contributed by atoms with Crippen LogP contribution < -0.4 is 10.4 Å². The van der Waals surface area contributed by atoms with Crippen molar-refractivity contribution in [3.8, 4) is 5.75 Å². The van der Waals surface area contributed by atoms with Crippen LogP contribution in [0.2, 0.25) is 0 Å². The Morgan fingerprint density at radius 3 is 2.81 bits per heavy atom. The van der Waals surface area contributed by atoms with E-state index in [4.69, 9.17) is 9.15 Å². The summed E-state index contributed by atoms with van der Waals surface area (Å²) in [4.78, 5) is 22.4. The summed E-state index contributed by atoms with van der Waals surface area (Å²) in [5.41, 5.74) is 0.865. The van der Waals surface area contributed by atoms with Crippen LogP contribution in [-0.2, 0) is 4.79 Å². The molecule has 1 atom stereocenters. The first-order valence-corrected chi connectivity index (χ1v) is 4.94. The van der Waals surface area contributed by atoms with Gasteiger partial charge in [-0.15, -0.1) is 0 Å². The lowest BCUT2D eigenvalue weighted by atomic mass is 10.0. The van der Waals surface area contributed by atoms with Crippen LogP contribution in [0.1, 0.15) is 18.4 Å². The van der Waals surface area contributed by atoms with Crippen molar-refractivity contribution in [3.63, 3.8) is 0 Å². The van der Waals surface area contributed by atoms with Crippen molar-refractivity contribution in [2.24, 2.45) is 0 Å². The summed E-state index contributed by atoms with van der Waals surface area (Å²) in [6, 6.07) is 6.45. The van der Waals surface area contributed by atoms with Gasteiger partial charge in [-0.25, -0.2) is 4.79 Å². The second-order valence-electron chi connectivity index (χ2n) is 3.83. The van der Waals surface area contributed by atoms with Gasteiger partial charge in [0.1, 0.15) is 11.3 Å². The molecule has 4 heteroatoms. The minimum Gasteiger partial charge on any atom is -0.426 e. The number of ether oxygens (including phenoxy) is 1. The number of rotatable bonds is 0. The maximum Gasteiger partial charge on any atom is 0.336 e. The SMILES string of the molecule is CC1C(=O)Oc2cc3oc(=O)ccc3cc21. The van der Waals surface area contributed by atoms with Crippen molar-refractivity contribution >= 4 is 16.9 Å². The fourth-order valence-corrected chi connectivity index (χ4v) is 1.86. The zero-order chi connectivity index (χ0) is 11.3. The van der Waals surface area contributed by atoms with Crippen LogP contribution in [0, 0.1) is 0 Å². The van der Waals surface area contributed by atoms with Gasteiger partial charge in [-0.05, 0) is 19.1 Å². The van der Waals surface area contributed by atoms with Gasteiger partial charge in [-0.1, -0.05) is 0 Å². The van der Waals surface area contributed by atoms with Crippen LogP contribution >= 0.6 is 0 Å². The average Bonchev–Trinajstić information content (AvgIpc) is 2.52. The molecule has 2 aromatic rings. The molecular weight excluding hydrogens is 208 g/mol. The highest BCUT2D eigenvalue weighted by molar-refractivity contribution is 5.90. The Bertz CT molecular complexity index is 654. The Morgan fingerprint density at radius 1 is 1.19 bits per heavy atom. The monoisotopic (exact) mass is 216 g/mol. The normalized spacial score (nSPS) is 18.6. The Labute approximate surface area is 90.4 Å². The maximum absolute atomic E-state index is 11.4.